The van der Waals surface area contributed by atoms with Gasteiger partial charge in [-0.05, 0) is 31.2 Å². The molecule has 1 rings (SSSR count). The highest BCUT2D eigenvalue weighted by molar-refractivity contribution is 5.85. The first kappa shape index (κ1) is 16.3. The van der Waals surface area contributed by atoms with Crippen molar-refractivity contribution >= 4 is 12.0 Å². The number of nitrogens with zero attached hydrogens (tertiary/aromatic N) is 1. The van der Waals surface area contributed by atoms with Gasteiger partial charge in [-0.1, -0.05) is 12.1 Å². The van der Waals surface area contributed by atoms with Crippen LogP contribution in [0.15, 0.2) is 24.3 Å². The standard InChI is InChI=1S/C15H20FNO3/c1-17(8-3-9-20-2)11-13-6-4-12(10-14(13)16)5-7-15(18)19/h4-7,10H,3,8-9,11H2,1-2H3,(H,18,19). The highest BCUT2D eigenvalue weighted by Gasteiger charge is 2.06. The maximum absolute atomic E-state index is 13.9. The van der Waals surface area contributed by atoms with E-state index in [1.807, 2.05) is 11.9 Å². The Morgan fingerprint density at radius 3 is 2.85 bits per heavy atom. The van der Waals surface area contributed by atoms with E-state index in [0.717, 1.165) is 19.0 Å². The van der Waals surface area contributed by atoms with Crippen molar-refractivity contribution in [2.24, 2.45) is 0 Å². The van der Waals surface area contributed by atoms with Gasteiger partial charge in [-0.25, -0.2) is 9.18 Å². The molecule has 1 N–H and O–H groups in total. The minimum atomic E-state index is -1.05. The first-order chi connectivity index (χ1) is 9.52. The number of carboxylic acids is 1. The second kappa shape index (κ2) is 8.45. The molecule has 0 radical (unpaired) electrons. The molecule has 20 heavy (non-hydrogen) atoms. The molecule has 0 saturated heterocycles. The first-order valence-corrected chi connectivity index (χ1v) is 6.40. The summed E-state index contributed by atoms with van der Waals surface area (Å²) >= 11 is 0. The zero-order chi connectivity index (χ0) is 15.0. The van der Waals surface area contributed by atoms with Gasteiger partial charge >= 0.3 is 5.97 Å². The minimum Gasteiger partial charge on any atom is -0.478 e. The number of halogens is 1. The second-order valence-corrected chi connectivity index (χ2v) is 4.61. The van der Waals surface area contributed by atoms with Crippen molar-refractivity contribution < 1.29 is 19.0 Å². The third-order valence-corrected chi connectivity index (χ3v) is 2.82. The van der Waals surface area contributed by atoms with Gasteiger partial charge in [0.2, 0.25) is 0 Å². The van der Waals surface area contributed by atoms with Gasteiger partial charge in [-0.3, -0.25) is 0 Å². The van der Waals surface area contributed by atoms with E-state index in [4.69, 9.17) is 9.84 Å². The summed E-state index contributed by atoms with van der Waals surface area (Å²) in [4.78, 5) is 12.4. The number of benzene rings is 1. The molecule has 0 amide bonds. The molecular formula is C15H20FNO3. The van der Waals surface area contributed by atoms with E-state index in [0.29, 0.717) is 24.3 Å². The minimum absolute atomic E-state index is 0.323. The molecule has 0 bridgehead atoms. The predicted molar refractivity (Wildman–Crippen MR) is 75.9 cm³/mol. The maximum Gasteiger partial charge on any atom is 0.328 e. The molecule has 4 nitrogen and oxygen atoms in total. The SMILES string of the molecule is COCCCN(C)Cc1ccc(C=CC(=O)O)cc1F. The fourth-order valence-corrected chi connectivity index (χ4v) is 1.81. The van der Waals surface area contributed by atoms with Gasteiger partial charge in [-0.2, -0.15) is 0 Å². The van der Waals surface area contributed by atoms with E-state index in [-0.39, 0.29) is 5.82 Å². The molecule has 5 heteroatoms. The summed E-state index contributed by atoms with van der Waals surface area (Å²) in [5.41, 5.74) is 1.13. The Morgan fingerprint density at radius 1 is 1.50 bits per heavy atom. The number of methoxy groups -OCH3 is 1. The van der Waals surface area contributed by atoms with Crippen molar-refractivity contribution in [2.75, 3.05) is 27.3 Å². The molecule has 0 fully saturated rings. The summed E-state index contributed by atoms with van der Waals surface area (Å²) in [5.74, 6) is -1.37. The van der Waals surface area contributed by atoms with Crippen LogP contribution < -0.4 is 0 Å². The number of aliphatic carboxylic acids is 1. The predicted octanol–water partition coefficient (Wildman–Crippen LogP) is 2.39. The number of rotatable bonds is 8. The summed E-state index contributed by atoms with van der Waals surface area (Å²) in [6.45, 7) is 2.03. The van der Waals surface area contributed by atoms with E-state index < -0.39 is 5.97 Å². The lowest BCUT2D eigenvalue weighted by molar-refractivity contribution is -0.131. The van der Waals surface area contributed by atoms with Crippen LogP contribution in [0.3, 0.4) is 0 Å². The lowest BCUT2D eigenvalue weighted by atomic mass is 10.1. The summed E-state index contributed by atoms with van der Waals surface area (Å²) < 4.78 is 18.9. The van der Waals surface area contributed by atoms with Crippen LogP contribution in [0.25, 0.3) is 6.08 Å². The molecule has 0 aliphatic carbocycles. The van der Waals surface area contributed by atoms with Crippen LogP contribution in [0.1, 0.15) is 17.5 Å². The molecule has 0 aromatic heterocycles. The van der Waals surface area contributed by atoms with Crippen molar-refractivity contribution in [3.8, 4) is 0 Å². The van der Waals surface area contributed by atoms with E-state index in [1.54, 1.807) is 19.2 Å². The zero-order valence-electron chi connectivity index (χ0n) is 11.8. The van der Waals surface area contributed by atoms with E-state index in [9.17, 15) is 9.18 Å². The Balaban J connectivity index is 2.61. The Kier molecular flexibility index (Phi) is 6.90. The van der Waals surface area contributed by atoms with Gasteiger partial charge in [0, 0.05) is 38.4 Å². The van der Waals surface area contributed by atoms with Gasteiger partial charge in [-0.15, -0.1) is 0 Å². The summed E-state index contributed by atoms with van der Waals surface area (Å²) in [7, 11) is 3.58. The van der Waals surface area contributed by atoms with Crippen LogP contribution in [-0.4, -0.2) is 43.3 Å². The molecule has 1 aromatic rings. The molecule has 0 unspecified atom stereocenters. The molecule has 0 spiro atoms. The number of ether oxygens (including phenoxy) is 1. The van der Waals surface area contributed by atoms with Crippen LogP contribution in [0.4, 0.5) is 4.39 Å². The number of carbonyl (C=O) groups is 1. The average molecular weight is 281 g/mol. The lowest BCUT2D eigenvalue weighted by Crippen LogP contribution is -2.20. The number of hydrogen-bond donors (Lipinski definition) is 1. The fourth-order valence-electron chi connectivity index (χ4n) is 1.81. The summed E-state index contributed by atoms with van der Waals surface area (Å²) in [6.07, 6.45) is 3.26. The van der Waals surface area contributed by atoms with Crippen molar-refractivity contribution in [1.82, 2.24) is 4.90 Å². The third kappa shape index (κ3) is 5.95. The van der Waals surface area contributed by atoms with Crippen LogP contribution in [0.2, 0.25) is 0 Å². The van der Waals surface area contributed by atoms with E-state index in [1.165, 1.54) is 12.1 Å². The molecular weight excluding hydrogens is 261 g/mol. The topological polar surface area (TPSA) is 49.8 Å². The average Bonchev–Trinajstić information content (AvgIpc) is 2.39. The Morgan fingerprint density at radius 2 is 2.25 bits per heavy atom. The van der Waals surface area contributed by atoms with E-state index >= 15 is 0 Å². The molecule has 0 heterocycles. The smallest absolute Gasteiger partial charge is 0.328 e. The zero-order valence-corrected chi connectivity index (χ0v) is 11.8. The van der Waals surface area contributed by atoms with Crippen LogP contribution in [0.5, 0.6) is 0 Å². The van der Waals surface area contributed by atoms with Gasteiger partial charge in [0.15, 0.2) is 0 Å². The van der Waals surface area contributed by atoms with Crippen LogP contribution >= 0.6 is 0 Å². The van der Waals surface area contributed by atoms with Gasteiger partial charge in [0.05, 0.1) is 0 Å². The van der Waals surface area contributed by atoms with Gasteiger partial charge in [0.1, 0.15) is 5.82 Å². The van der Waals surface area contributed by atoms with Crippen molar-refractivity contribution in [3.63, 3.8) is 0 Å². The molecule has 1 aromatic carbocycles. The van der Waals surface area contributed by atoms with Gasteiger partial charge in [0.25, 0.3) is 0 Å². The molecule has 0 aliphatic heterocycles. The van der Waals surface area contributed by atoms with Gasteiger partial charge < -0.3 is 14.7 Å². The normalized spacial score (nSPS) is 11.4. The van der Waals surface area contributed by atoms with Crippen LogP contribution in [-0.2, 0) is 16.1 Å². The van der Waals surface area contributed by atoms with Crippen molar-refractivity contribution in [1.29, 1.82) is 0 Å². The Bertz CT molecular complexity index is 474. The molecule has 110 valence electrons. The largest absolute Gasteiger partial charge is 0.478 e. The molecule has 0 aliphatic rings. The highest BCUT2D eigenvalue weighted by Crippen LogP contribution is 2.13. The second-order valence-electron chi connectivity index (χ2n) is 4.61. The Hall–Kier alpha value is -1.72. The van der Waals surface area contributed by atoms with Crippen LogP contribution in [0, 0.1) is 5.82 Å². The monoisotopic (exact) mass is 281 g/mol. The van der Waals surface area contributed by atoms with E-state index in [2.05, 4.69) is 0 Å². The molecule has 0 atom stereocenters. The lowest BCUT2D eigenvalue weighted by Gasteiger charge is -2.17. The quantitative estimate of drug-likeness (QED) is 0.587. The number of carboxylic acid groups (broad SMARTS) is 1. The maximum atomic E-state index is 13.9. The third-order valence-electron chi connectivity index (χ3n) is 2.82. The Labute approximate surface area is 118 Å². The number of hydrogen-bond acceptors (Lipinski definition) is 3. The fraction of sp³-hybridized carbons (Fsp3) is 0.400. The van der Waals surface area contributed by atoms with Crippen molar-refractivity contribution in [2.45, 2.75) is 13.0 Å². The molecule has 0 saturated carbocycles. The van der Waals surface area contributed by atoms with Crippen molar-refractivity contribution in [3.05, 3.63) is 41.2 Å². The summed E-state index contributed by atoms with van der Waals surface area (Å²) in [6, 6.07) is 4.74. The first-order valence-electron chi connectivity index (χ1n) is 6.40. The summed E-state index contributed by atoms with van der Waals surface area (Å²) in [5, 5.41) is 8.52. The highest BCUT2D eigenvalue weighted by atomic mass is 19.1.